The summed E-state index contributed by atoms with van der Waals surface area (Å²) in [7, 11) is 0. The highest BCUT2D eigenvalue weighted by Crippen LogP contribution is 2.39. The predicted octanol–water partition coefficient (Wildman–Crippen LogP) is 6.89. The number of anilines is 1. The Hall–Kier alpha value is -3.34. The second-order valence-corrected chi connectivity index (χ2v) is 10.3. The molecule has 1 heterocycles. The quantitative estimate of drug-likeness (QED) is 0.263. The highest BCUT2D eigenvalue weighted by Gasteiger charge is 2.36. The summed E-state index contributed by atoms with van der Waals surface area (Å²) >= 11 is 10.6. The molecule has 0 saturated carbocycles. The highest BCUT2D eigenvalue weighted by molar-refractivity contribution is 9.10. The average Bonchev–Trinajstić information content (AvgIpc) is 3.12. The fraction of sp³-hybridized carbons (Fsp3) is 0.148. The third-order valence-electron chi connectivity index (χ3n) is 5.21. The molecule has 0 spiro atoms. The van der Waals surface area contributed by atoms with Crippen molar-refractivity contribution in [2.45, 2.75) is 13.5 Å². The van der Waals surface area contributed by atoms with Gasteiger partial charge in [0.1, 0.15) is 19.0 Å². The number of benzene rings is 3. The first-order chi connectivity index (χ1) is 18.2. The van der Waals surface area contributed by atoms with E-state index in [9.17, 15) is 18.8 Å². The molecule has 1 aliphatic heterocycles. The van der Waals surface area contributed by atoms with Crippen LogP contribution in [0.1, 0.15) is 18.1 Å². The van der Waals surface area contributed by atoms with Gasteiger partial charge in [0.2, 0.25) is 5.91 Å². The number of hydrogen-bond donors (Lipinski definition) is 1. The second kappa shape index (κ2) is 12.5. The Morgan fingerprint density at radius 3 is 2.61 bits per heavy atom. The molecule has 0 radical (unpaired) electrons. The molecule has 0 atom stereocenters. The van der Waals surface area contributed by atoms with Gasteiger partial charge < -0.3 is 14.8 Å². The lowest BCUT2D eigenvalue weighted by Gasteiger charge is -2.15. The number of hydrogen-bond acceptors (Lipinski definition) is 6. The molecule has 0 bridgehead atoms. The number of nitrogens with one attached hydrogen (secondary N) is 1. The smallest absolute Gasteiger partial charge is 0.294 e. The van der Waals surface area contributed by atoms with Crippen LogP contribution >= 0.6 is 39.3 Å². The number of ether oxygens (including phenoxy) is 2. The molecular formula is C27H21BrClFN2O5S. The van der Waals surface area contributed by atoms with Crippen molar-refractivity contribution in [3.63, 3.8) is 0 Å². The zero-order valence-corrected chi connectivity index (χ0v) is 23.2. The molecule has 3 amide bonds. The van der Waals surface area contributed by atoms with Crippen LogP contribution in [0.3, 0.4) is 0 Å². The minimum atomic E-state index is -0.631. The van der Waals surface area contributed by atoms with Crippen molar-refractivity contribution in [1.82, 2.24) is 4.90 Å². The second-order valence-electron chi connectivity index (χ2n) is 8.00. The fourth-order valence-electron chi connectivity index (χ4n) is 3.51. The van der Waals surface area contributed by atoms with Gasteiger partial charge in [0.15, 0.2) is 11.5 Å². The number of carbonyl (C=O) groups excluding carboxylic acids is 3. The molecule has 1 N–H and O–H groups in total. The van der Waals surface area contributed by atoms with Crippen LogP contribution in [0.25, 0.3) is 6.08 Å². The molecule has 0 aromatic heterocycles. The summed E-state index contributed by atoms with van der Waals surface area (Å²) in [5.41, 5.74) is 1.67. The molecule has 1 fully saturated rings. The minimum absolute atomic E-state index is 0.121. The van der Waals surface area contributed by atoms with Gasteiger partial charge >= 0.3 is 0 Å². The summed E-state index contributed by atoms with van der Waals surface area (Å²) < 4.78 is 26.0. The van der Waals surface area contributed by atoms with Gasteiger partial charge in [-0.25, -0.2) is 4.39 Å². The number of nitrogens with zero attached hydrogens (tertiary/aromatic N) is 1. The van der Waals surface area contributed by atoms with E-state index in [-0.39, 0.29) is 22.2 Å². The molecule has 1 aliphatic rings. The maximum Gasteiger partial charge on any atom is 0.294 e. The van der Waals surface area contributed by atoms with Crippen molar-refractivity contribution in [2.24, 2.45) is 0 Å². The lowest BCUT2D eigenvalue weighted by atomic mass is 10.1. The lowest BCUT2D eigenvalue weighted by molar-refractivity contribution is -0.127. The first-order valence-electron chi connectivity index (χ1n) is 11.4. The third kappa shape index (κ3) is 6.94. The summed E-state index contributed by atoms with van der Waals surface area (Å²) in [5, 5.41) is 2.15. The molecular weight excluding hydrogens is 599 g/mol. The number of rotatable bonds is 9. The van der Waals surface area contributed by atoms with Crippen molar-refractivity contribution < 1.29 is 28.2 Å². The average molecular weight is 620 g/mol. The Kier molecular flexibility index (Phi) is 9.09. The van der Waals surface area contributed by atoms with E-state index < -0.39 is 29.4 Å². The molecule has 4 rings (SSSR count). The van der Waals surface area contributed by atoms with Gasteiger partial charge in [0, 0.05) is 10.2 Å². The van der Waals surface area contributed by atoms with Crippen molar-refractivity contribution >= 4 is 68.1 Å². The van der Waals surface area contributed by atoms with Gasteiger partial charge in [0.25, 0.3) is 11.1 Å². The molecule has 3 aromatic carbocycles. The van der Waals surface area contributed by atoms with E-state index in [0.717, 1.165) is 21.0 Å². The Morgan fingerprint density at radius 2 is 1.89 bits per heavy atom. The minimum Gasteiger partial charge on any atom is -0.490 e. The van der Waals surface area contributed by atoms with E-state index in [1.165, 1.54) is 24.3 Å². The van der Waals surface area contributed by atoms with Crippen molar-refractivity contribution in [3.8, 4) is 11.5 Å². The first-order valence-corrected chi connectivity index (χ1v) is 13.4. The molecule has 0 aliphatic carbocycles. The Labute approximate surface area is 236 Å². The van der Waals surface area contributed by atoms with Gasteiger partial charge in [0.05, 0.1) is 16.5 Å². The summed E-state index contributed by atoms with van der Waals surface area (Å²) in [6.45, 7) is 1.93. The normalized spacial score (nSPS) is 14.2. The summed E-state index contributed by atoms with van der Waals surface area (Å²) in [6.07, 6.45) is 1.50. The van der Waals surface area contributed by atoms with Gasteiger partial charge in [-0.3, -0.25) is 19.3 Å². The zero-order chi connectivity index (χ0) is 27.2. The number of amides is 3. The van der Waals surface area contributed by atoms with Crippen LogP contribution in [0.2, 0.25) is 5.02 Å². The third-order valence-corrected chi connectivity index (χ3v) is 6.93. The SMILES string of the molecule is CCOc1cc(/C=C2/SC(=O)N(CC(=O)Nc3cccc(F)c3)C2=O)cc(Cl)c1OCc1ccc(Br)cc1. The van der Waals surface area contributed by atoms with Crippen LogP contribution in [-0.2, 0) is 16.2 Å². The molecule has 196 valence electrons. The van der Waals surface area contributed by atoms with E-state index in [1.807, 2.05) is 31.2 Å². The summed E-state index contributed by atoms with van der Waals surface area (Å²) in [4.78, 5) is 38.7. The zero-order valence-electron chi connectivity index (χ0n) is 20.0. The number of carbonyl (C=O) groups is 3. The predicted molar refractivity (Wildman–Crippen MR) is 149 cm³/mol. The number of halogens is 3. The van der Waals surface area contributed by atoms with E-state index in [0.29, 0.717) is 35.4 Å². The van der Waals surface area contributed by atoms with Crippen LogP contribution in [0.15, 0.2) is 70.0 Å². The van der Waals surface area contributed by atoms with Crippen LogP contribution in [-0.4, -0.2) is 35.1 Å². The number of thioether (sulfide) groups is 1. The molecule has 0 unspecified atom stereocenters. The van der Waals surface area contributed by atoms with E-state index in [4.69, 9.17) is 21.1 Å². The first kappa shape index (κ1) is 27.7. The molecule has 3 aromatic rings. The highest BCUT2D eigenvalue weighted by atomic mass is 79.9. The van der Waals surface area contributed by atoms with Crippen molar-refractivity contribution in [3.05, 3.63) is 92.0 Å². The Balaban J connectivity index is 1.48. The van der Waals surface area contributed by atoms with Gasteiger partial charge in [-0.05, 0) is 78.4 Å². The number of imide groups is 1. The van der Waals surface area contributed by atoms with Gasteiger partial charge in [-0.1, -0.05) is 45.7 Å². The topological polar surface area (TPSA) is 84.9 Å². The van der Waals surface area contributed by atoms with Gasteiger partial charge in [-0.2, -0.15) is 0 Å². The van der Waals surface area contributed by atoms with Gasteiger partial charge in [-0.15, -0.1) is 0 Å². The van der Waals surface area contributed by atoms with Crippen LogP contribution < -0.4 is 14.8 Å². The molecule has 1 saturated heterocycles. The van der Waals surface area contributed by atoms with E-state index in [2.05, 4.69) is 21.2 Å². The molecule has 7 nitrogen and oxygen atoms in total. The standard InChI is InChI=1S/C27H21BrClFN2O5S/c1-2-36-22-11-17(10-21(29)25(22)37-15-16-6-8-18(28)9-7-16)12-23-26(34)32(27(35)38-23)14-24(33)31-20-5-3-4-19(30)13-20/h3-13H,2,14-15H2,1H3,(H,31,33)/b23-12+. The summed E-state index contributed by atoms with van der Waals surface area (Å²) in [5.74, 6) is -1.04. The lowest BCUT2D eigenvalue weighted by Crippen LogP contribution is -2.36. The maximum atomic E-state index is 13.4. The molecule has 11 heteroatoms. The van der Waals surface area contributed by atoms with E-state index in [1.54, 1.807) is 12.1 Å². The fourth-order valence-corrected chi connectivity index (χ4v) is 4.88. The summed E-state index contributed by atoms with van der Waals surface area (Å²) in [6, 6.07) is 16.2. The van der Waals surface area contributed by atoms with Crippen LogP contribution in [0.5, 0.6) is 11.5 Å². The van der Waals surface area contributed by atoms with Crippen LogP contribution in [0, 0.1) is 5.82 Å². The largest absolute Gasteiger partial charge is 0.490 e. The van der Waals surface area contributed by atoms with Crippen molar-refractivity contribution in [1.29, 1.82) is 0 Å². The molecule has 38 heavy (non-hydrogen) atoms. The Morgan fingerprint density at radius 1 is 1.13 bits per heavy atom. The van der Waals surface area contributed by atoms with E-state index >= 15 is 0 Å². The monoisotopic (exact) mass is 618 g/mol. The maximum absolute atomic E-state index is 13.4. The van der Waals surface area contributed by atoms with Crippen molar-refractivity contribution in [2.75, 3.05) is 18.5 Å². The Bertz CT molecular complexity index is 1420. The van der Waals surface area contributed by atoms with Crippen LogP contribution in [0.4, 0.5) is 14.9 Å².